The summed E-state index contributed by atoms with van der Waals surface area (Å²) in [5, 5.41) is 0. The number of carbonyl (C=O) groups excluding carboxylic acids is 1. The minimum absolute atomic E-state index is 0.364. The van der Waals surface area contributed by atoms with Gasteiger partial charge in [0.05, 0.1) is 17.4 Å². The van der Waals surface area contributed by atoms with E-state index in [-0.39, 0.29) is 0 Å². The summed E-state index contributed by atoms with van der Waals surface area (Å²) in [7, 11) is 0. The normalized spacial score (nSPS) is 10.5. The van der Waals surface area contributed by atoms with Crippen LogP contribution in [-0.2, 0) is 5.88 Å². The fourth-order valence-electron chi connectivity index (χ4n) is 1.32. The molecular formula is C9H7ClN2O. The average Bonchev–Trinajstić information content (AvgIpc) is 2.63. The molecule has 0 fully saturated rings. The number of aromatic amines is 1. The lowest BCUT2D eigenvalue weighted by atomic mass is 10.1. The summed E-state index contributed by atoms with van der Waals surface area (Å²) in [6, 6.07) is 3.51. The van der Waals surface area contributed by atoms with Crippen molar-refractivity contribution in [3.8, 4) is 0 Å². The topological polar surface area (TPSA) is 45.8 Å². The highest BCUT2D eigenvalue weighted by Gasteiger charge is 2.04. The van der Waals surface area contributed by atoms with E-state index >= 15 is 0 Å². The Kier molecular flexibility index (Phi) is 2.02. The maximum atomic E-state index is 10.6. The van der Waals surface area contributed by atoms with E-state index in [4.69, 9.17) is 11.6 Å². The number of fused-ring (bicyclic) bond motifs is 1. The van der Waals surface area contributed by atoms with Gasteiger partial charge in [-0.15, -0.1) is 11.6 Å². The number of H-pyrrole nitrogens is 1. The van der Waals surface area contributed by atoms with E-state index in [1.807, 2.05) is 0 Å². The molecule has 0 amide bonds. The second-order valence-corrected chi connectivity index (χ2v) is 3.00. The zero-order chi connectivity index (χ0) is 9.26. The molecule has 0 aliphatic carbocycles. The summed E-state index contributed by atoms with van der Waals surface area (Å²) < 4.78 is 0. The Balaban J connectivity index is 2.77. The van der Waals surface area contributed by atoms with E-state index in [2.05, 4.69) is 9.97 Å². The van der Waals surface area contributed by atoms with E-state index in [1.165, 1.54) is 0 Å². The Labute approximate surface area is 79.7 Å². The molecule has 1 N–H and O–H groups in total. The highest BCUT2D eigenvalue weighted by atomic mass is 35.5. The van der Waals surface area contributed by atoms with E-state index in [0.29, 0.717) is 11.4 Å². The minimum Gasteiger partial charge on any atom is -0.345 e. The fourth-order valence-corrected chi connectivity index (χ4v) is 1.52. The Morgan fingerprint density at radius 2 is 2.38 bits per heavy atom. The third-order valence-electron chi connectivity index (χ3n) is 1.90. The number of aldehydes is 1. The van der Waals surface area contributed by atoms with Crippen molar-refractivity contribution >= 4 is 28.9 Å². The summed E-state index contributed by atoms with van der Waals surface area (Å²) in [5.74, 6) is 0.364. The molecule has 2 aromatic rings. The number of rotatable bonds is 2. The van der Waals surface area contributed by atoms with Gasteiger partial charge < -0.3 is 4.98 Å². The first-order chi connectivity index (χ1) is 6.35. The lowest BCUT2D eigenvalue weighted by molar-refractivity contribution is 0.112. The average molecular weight is 195 g/mol. The number of carbonyl (C=O) groups is 1. The molecule has 4 heteroatoms. The molecule has 0 saturated carbocycles. The standard InChI is InChI=1S/C9H7ClN2O/c10-3-7-1-6(4-13)2-8-9(7)12-5-11-8/h1-2,4-5H,3H2,(H,11,12). The molecule has 0 bridgehead atoms. The van der Waals surface area contributed by atoms with Gasteiger partial charge in [-0.25, -0.2) is 4.98 Å². The Hall–Kier alpha value is -1.35. The lowest BCUT2D eigenvalue weighted by Gasteiger charge is -1.98. The Morgan fingerprint density at radius 3 is 3.08 bits per heavy atom. The first kappa shape index (κ1) is 8.26. The SMILES string of the molecule is O=Cc1cc(CCl)c2nc[nH]c2c1. The summed E-state index contributed by atoms with van der Waals surface area (Å²) in [6.45, 7) is 0. The smallest absolute Gasteiger partial charge is 0.150 e. The highest BCUT2D eigenvalue weighted by Crippen LogP contribution is 2.18. The molecular weight excluding hydrogens is 188 g/mol. The van der Waals surface area contributed by atoms with E-state index in [9.17, 15) is 4.79 Å². The molecule has 0 aliphatic heterocycles. The first-order valence-electron chi connectivity index (χ1n) is 3.82. The van der Waals surface area contributed by atoms with Crippen LogP contribution < -0.4 is 0 Å². The van der Waals surface area contributed by atoms with Crippen LogP contribution in [0.25, 0.3) is 11.0 Å². The molecule has 0 saturated heterocycles. The number of alkyl halides is 1. The Morgan fingerprint density at radius 1 is 1.54 bits per heavy atom. The predicted octanol–water partition coefficient (Wildman–Crippen LogP) is 2.11. The second kappa shape index (κ2) is 3.18. The zero-order valence-electron chi connectivity index (χ0n) is 6.75. The van der Waals surface area contributed by atoms with Gasteiger partial charge in [0.25, 0.3) is 0 Å². The number of hydrogen-bond donors (Lipinski definition) is 1. The molecule has 0 radical (unpaired) electrons. The second-order valence-electron chi connectivity index (χ2n) is 2.73. The van der Waals surface area contributed by atoms with Gasteiger partial charge in [-0.2, -0.15) is 0 Å². The van der Waals surface area contributed by atoms with Crippen LogP contribution in [0.4, 0.5) is 0 Å². The minimum atomic E-state index is 0.364. The van der Waals surface area contributed by atoms with E-state index in [1.54, 1.807) is 18.5 Å². The van der Waals surface area contributed by atoms with Crippen molar-refractivity contribution in [3.63, 3.8) is 0 Å². The fraction of sp³-hybridized carbons (Fsp3) is 0.111. The number of nitrogens with zero attached hydrogens (tertiary/aromatic N) is 1. The van der Waals surface area contributed by atoms with Gasteiger partial charge in [-0.1, -0.05) is 0 Å². The van der Waals surface area contributed by atoms with Gasteiger partial charge >= 0.3 is 0 Å². The molecule has 0 atom stereocenters. The summed E-state index contributed by atoms with van der Waals surface area (Å²) in [6.07, 6.45) is 2.39. The molecule has 0 unspecified atom stereocenters. The maximum absolute atomic E-state index is 10.6. The predicted molar refractivity (Wildman–Crippen MR) is 51.0 cm³/mol. The molecule has 2 rings (SSSR count). The van der Waals surface area contributed by atoms with Crippen molar-refractivity contribution in [2.45, 2.75) is 5.88 Å². The van der Waals surface area contributed by atoms with Gasteiger partial charge in [-0.05, 0) is 17.7 Å². The third-order valence-corrected chi connectivity index (χ3v) is 2.19. The van der Waals surface area contributed by atoms with Gasteiger partial charge in [0.15, 0.2) is 0 Å². The van der Waals surface area contributed by atoms with Crippen LogP contribution in [0.1, 0.15) is 15.9 Å². The summed E-state index contributed by atoms with van der Waals surface area (Å²) in [5.41, 5.74) is 3.18. The summed E-state index contributed by atoms with van der Waals surface area (Å²) >= 11 is 5.72. The molecule has 66 valence electrons. The van der Waals surface area contributed by atoms with Crippen LogP contribution >= 0.6 is 11.6 Å². The van der Waals surface area contributed by atoms with Crippen LogP contribution in [0, 0.1) is 0 Å². The largest absolute Gasteiger partial charge is 0.345 e. The molecule has 1 aromatic carbocycles. The van der Waals surface area contributed by atoms with Crippen molar-refractivity contribution in [2.24, 2.45) is 0 Å². The molecule has 1 aromatic heterocycles. The number of imidazole rings is 1. The van der Waals surface area contributed by atoms with Crippen molar-refractivity contribution in [1.29, 1.82) is 0 Å². The van der Waals surface area contributed by atoms with Crippen LogP contribution in [0.2, 0.25) is 0 Å². The molecule has 13 heavy (non-hydrogen) atoms. The number of hydrogen-bond acceptors (Lipinski definition) is 2. The van der Waals surface area contributed by atoms with Crippen molar-refractivity contribution in [1.82, 2.24) is 9.97 Å². The summed E-state index contributed by atoms with van der Waals surface area (Å²) in [4.78, 5) is 17.6. The quantitative estimate of drug-likeness (QED) is 0.588. The first-order valence-corrected chi connectivity index (χ1v) is 4.35. The monoisotopic (exact) mass is 194 g/mol. The van der Waals surface area contributed by atoms with Crippen molar-refractivity contribution in [3.05, 3.63) is 29.6 Å². The van der Waals surface area contributed by atoms with Crippen LogP contribution in [0.15, 0.2) is 18.5 Å². The Bertz CT molecular complexity index is 450. The third kappa shape index (κ3) is 1.31. The molecule has 0 spiro atoms. The number of aromatic nitrogens is 2. The van der Waals surface area contributed by atoms with Gasteiger partial charge in [0, 0.05) is 11.4 Å². The van der Waals surface area contributed by atoms with Gasteiger partial charge in [0.2, 0.25) is 0 Å². The van der Waals surface area contributed by atoms with Crippen molar-refractivity contribution in [2.75, 3.05) is 0 Å². The molecule has 1 heterocycles. The van der Waals surface area contributed by atoms with Crippen LogP contribution in [0.3, 0.4) is 0 Å². The van der Waals surface area contributed by atoms with Crippen LogP contribution in [0.5, 0.6) is 0 Å². The van der Waals surface area contributed by atoms with Crippen molar-refractivity contribution < 1.29 is 4.79 Å². The highest BCUT2D eigenvalue weighted by molar-refractivity contribution is 6.18. The van der Waals surface area contributed by atoms with E-state index < -0.39 is 0 Å². The lowest BCUT2D eigenvalue weighted by Crippen LogP contribution is -1.86. The maximum Gasteiger partial charge on any atom is 0.150 e. The van der Waals surface area contributed by atoms with Crippen LogP contribution in [-0.4, -0.2) is 16.3 Å². The van der Waals surface area contributed by atoms with Gasteiger partial charge in [-0.3, -0.25) is 4.79 Å². The van der Waals surface area contributed by atoms with E-state index in [0.717, 1.165) is 22.9 Å². The number of nitrogens with one attached hydrogen (secondary N) is 1. The number of halogens is 1. The zero-order valence-corrected chi connectivity index (χ0v) is 7.51. The molecule has 0 aliphatic rings. The molecule has 3 nitrogen and oxygen atoms in total. The van der Waals surface area contributed by atoms with Gasteiger partial charge in [0.1, 0.15) is 6.29 Å². The number of benzene rings is 1.